The summed E-state index contributed by atoms with van der Waals surface area (Å²) in [6.07, 6.45) is 4.13. The van der Waals surface area contributed by atoms with Crippen molar-refractivity contribution in [2.45, 2.75) is 26.7 Å². The molecule has 0 aliphatic rings. The van der Waals surface area contributed by atoms with Gasteiger partial charge in [0.05, 0.1) is 11.5 Å². The maximum atomic E-state index is 11.0. The van der Waals surface area contributed by atoms with Crippen LogP contribution in [-0.4, -0.2) is 22.6 Å². The third kappa shape index (κ3) is 6.07. The van der Waals surface area contributed by atoms with E-state index in [0.717, 1.165) is 18.9 Å². The minimum atomic E-state index is -1.08. The van der Waals surface area contributed by atoms with Gasteiger partial charge in [0.15, 0.2) is 5.75 Å². The van der Waals surface area contributed by atoms with E-state index in [-0.39, 0.29) is 11.4 Å². The van der Waals surface area contributed by atoms with Gasteiger partial charge in [-0.05, 0) is 42.5 Å². The summed E-state index contributed by atoms with van der Waals surface area (Å²) in [6, 6.07) is 4.28. The second kappa shape index (κ2) is 8.04. The highest BCUT2D eigenvalue weighted by Gasteiger charge is 2.15. The van der Waals surface area contributed by atoms with Gasteiger partial charge >= 0.3 is 11.7 Å². The Bertz CT molecular complexity index is 537. The van der Waals surface area contributed by atoms with E-state index in [1.54, 1.807) is 0 Å². The van der Waals surface area contributed by atoms with E-state index in [1.807, 2.05) is 0 Å². The number of ether oxygens (including phenoxy) is 1. The summed E-state index contributed by atoms with van der Waals surface area (Å²) in [5, 5.41) is 19.5. The highest BCUT2D eigenvalue weighted by Crippen LogP contribution is 2.28. The Balaban J connectivity index is 2.83. The number of carbonyl (C=O) groups is 1. The molecule has 1 aromatic rings. The number of hydrogen-bond donors (Lipinski definition) is 1. The number of carboxylic acids is 1. The molecule has 0 unspecified atom stereocenters. The fourth-order valence-corrected chi connectivity index (χ4v) is 1.74. The molecule has 0 aliphatic heterocycles. The second-order valence-electron chi connectivity index (χ2n) is 5.04. The number of nitro benzene ring substituents is 1. The third-order valence-corrected chi connectivity index (χ3v) is 2.78. The van der Waals surface area contributed by atoms with Gasteiger partial charge in [-0.15, -0.1) is 0 Å². The Kier molecular flexibility index (Phi) is 6.39. The minimum absolute atomic E-state index is 0.118. The molecule has 0 fully saturated rings. The van der Waals surface area contributed by atoms with Gasteiger partial charge in [-0.2, -0.15) is 0 Å². The first kappa shape index (κ1) is 16.7. The van der Waals surface area contributed by atoms with Crippen LogP contribution in [0.4, 0.5) is 5.69 Å². The fourth-order valence-electron chi connectivity index (χ4n) is 1.74. The monoisotopic (exact) mass is 293 g/mol. The number of hydrogen-bond acceptors (Lipinski definition) is 4. The van der Waals surface area contributed by atoms with Crippen LogP contribution in [0.1, 0.15) is 32.3 Å². The van der Waals surface area contributed by atoms with Gasteiger partial charge < -0.3 is 9.84 Å². The van der Waals surface area contributed by atoms with Crippen molar-refractivity contribution in [3.05, 3.63) is 40.0 Å². The Hall–Kier alpha value is -2.37. The maximum Gasteiger partial charge on any atom is 0.328 e. The zero-order valence-electron chi connectivity index (χ0n) is 12.1. The Morgan fingerprint density at radius 1 is 1.48 bits per heavy atom. The zero-order chi connectivity index (χ0) is 15.8. The minimum Gasteiger partial charge on any atom is -0.487 e. The van der Waals surface area contributed by atoms with Gasteiger partial charge in [0.2, 0.25) is 0 Å². The van der Waals surface area contributed by atoms with Gasteiger partial charge in [-0.1, -0.05) is 13.8 Å². The Morgan fingerprint density at radius 3 is 2.76 bits per heavy atom. The molecule has 21 heavy (non-hydrogen) atoms. The van der Waals surface area contributed by atoms with E-state index in [0.29, 0.717) is 18.1 Å². The van der Waals surface area contributed by atoms with E-state index in [1.165, 1.54) is 24.3 Å². The van der Waals surface area contributed by atoms with Crippen LogP contribution in [0.3, 0.4) is 0 Å². The molecule has 1 N–H and O–H groups in total. The molecule has 114 valence electrons. The number of aliphatic carboxylic acids is 1. The predicted molar refractivity (Wildman–Crippen MR) is 79.3 cm³/mol. The van der Waals surface area contributed by atoms with E-state index in [4.69, 9.17) is 9.84 Å². The van der Waals surface area contributed by atoms with Crippen molar-refractivity contribution < 1.29 is 19.6 Å². The molecule has 0 heterocycles. The number of nitro groups is 1. The van der Waals surface area contributed by atoms with Crippen molar-refractivity contribution in [2.75, 3.05) is 6.61 Å². The van der Waals surface area contributed by atoms with Crippen molar-refractivity contribution in [1.82, 2.24) is 0 Å². The first-order valence-electron chi connectivity index (χ1n) is 6.72. The number of rotatable bonds is 8. The summed E-state index contributed by atoms with van der Waals surface area (Å²) in [4.78, 5) is 20.9. The highest BCUT2D eigenvalue weighted by molar-refractivity contribution is 5.85. The molecule has 0 spiro atoms. The molecule has 0 aliphatic carbocycles. The molecular weight excluding hydrogens is 274 g/mol. The summed E-state index contributed by atoms with van der Waals surface area (Å²) in [5.74, 6) is -0.363. The molecule has 6 nitrogen and oxygen atoms in total. The molecule has 0 bridgehead atoms. The summed E-state index contributed by atoms with van der Waals surface area (Å²) in [7, 11) is 0. The van der Waals surface area contributed by atoms with Gasteiger partial charge in [0.1, 0.15) is 0 Å². The van der Waals surface area contributed by atoms with E-state index < -0.39 is 10.9 Å². The van der Waals surface area contributed by atoms with Crippen LogP contribution < -0.4 is 4.74 Å². The van der Waals surface area contributed by atoms with Crippen LogP contribution in [0.25, 0.3) is 6.08 Å². The SMILES string of the molecule is CC(C)CCCOc1cc(/C=C/C(=O)O)ccc1[N+](=O)[O-]. The summed E-state index contributed by atoms with van der Waals surface area (Å²) in [5.41, 5.74) is 0.425. The largest absolute Gasteiger partial charge is 0.487 e. The smallest absolute Gasteiger partial charge is 0.328 e. The number of carboxylic acid groups (broad SMARTS) is 1. The van der Waals surface area contributed by atoms with Crippen molar-refractivity contribution in [1.29, 1.82) is 0 Å². The van der Waals surface area contributed by atoms with Crippen molar-refractivity contribution in [2.24, 2.45) is 5.92 Å². The molecule has 0 atom stereocenters. The molecule has 1 rings (SSSR count). The fraction of sp³-hybridized carbons (Fsp3) is 0.400. The Morgan fingerprint density at radius 2 is 2.19 bits per heavy atom. The summed E-state index contributed by atoms with van der Waals surface area (Å²) < 4.78 is 5.47. The maximum absolute atomic E-state index is 11.0. The first-order chi connectivity index (χ1) is 9.90. The molecule has 6 heteroatoms. The van der Waals surface area contributed by atoms with Gasteiger partial charge in [-0.3, -0.25) is 10.1 Å². The molecule has 0 saturated carbocycles. The van der Waals surface area contributed by atoms with Gasteiger partial charge in [-0.25, -0.2) is 4.79 Å². The molecule has 0 amide bonds. The third-order valence-electron chi connectivity index (χ3n) is 2.78. The van der Waals surface area contributed by atoms with Crippen LogP contribution in [0.2, 0.25) is 0 Å². The molecular formula is C15H19NO5. The topological polar surface area (TPSA) is 89.7 Å². The van der Waals surface area contributed by atoms with E-state index >= 15 is 0 Å². The predicted octanol–water partition coefficient (Wildman–Crippen LogP) is 3.51. The highest BCUT2D eigenvalue weighted by atomic mass is 16.6. The van der Waals surface area contributed by atoms with Crippen LogP contribution in [0.15, 0.2) is 24.3 Å². The van der Waals surface area contributed by atoms with Gasteiger partial charge in [0.25, 0.3) is 0 Å². The van der Waals surface area contributed by atoms with Crippen LogP contribution in [-0.2, 0) is 4.79 Å². The first-order valence-corrected chi connectivity index (χ1v) is 6.72. The molecule has 0 saturated heterocycles. The Labute approximate surface area is 123 Å². The van der Waals surface area contributed by atoms with Crippen molar-refractivity contribution in [3.63, 3.8) is 0 Å². The van der Waals surface area contributed by atoms with Crippen molar-refractivity contribution >= 4 is 17.7 Å². The van der Waals surface area contributed by atoms with E-state index in [9.17, 15) is 14.9 Å². The van der Waals surface area contributed by atoms with E-state index in [2.05, 4.69) is 13.8 Å². The average Bonchev–Trinajstić information content (AvgIpc) is 2.41. The normalized spacial score (nSPS) is 11.0. The standard InChI is InChI=1S/C15H19NO5/c1-11(2)4-3-9-21-14-10-12(6-8-15(17)18)5-7-13(14)16(19)20/h5-8,10-11H,3-4,9H2,1-2H3,(H,17,18)/b8-6+. The molecule has 0 aromatic heterocycles. The quantitative estimate of drug-likeness (QED) is 0.343. The lowest BCUT2D eigenvalue weighted by Gasteiger charge is -2.08. The van der Waals surface area contributed by atoms with Crippen molar-refractivity contribution in [3.8, 4) is 5.75 Å². The summed E-state index contributed by atoms with van der Waals surface area (Å²) in [6.45, 7) is 4.59. The lowest BCUT2D eigenvalue weighted by Crippen LogP contribution is -2.02. The lowest BCUT2D eigenvalue weighted by molar-refractivity contribution is -0.385. The van der Waals surface area contributed by atoms with Crippen LogP contribution in [0.5, 0.6) is 5.75 Å². The van der Waals surface area contributed by atoms with Crippen LogP contribution >= 0.6 is 0 Å². The second-order valence-corrected chi connectivity index (χ2v) is 5.04. The molecule has 0 radical (unpaired) electrons. The zero-order valence-corrected chi connectivity index (χ0v) is 12.1. The summed E-state index contributed by atoms with van der Waals surface area (Å²) >= 11 is 0. The molecule has 1 aromatic carbocycles. The lowest BCUT2D eigenvalue weighted by atomic mass is 10.1. The number of benzene rings is 1. The van der Waals surface area contributed by atoms with Gasteiger partial charge in [0, 0.05) is 12.1 Å². The average molecular weight is 293 g/mol. The van der Waals surface area contributed by atoms with Crippen LogP contribution in [0, 0.1) is 16.0 Å². The number of nitrogens with zero attached hydrogens (tertiary/aromatic N) is 1.